The number of aliphatic hydroxyl groups excluding tert-OH is 1. The summed E-state index contributed by atoms with van der Waals surface area (Å²) in [6, 6.07) is 3.50. The van der Waals surface area contributed by atoms with Gasteiger partial charge in [0.2, 0.25) is 0 Å². The van der Waals surface area contributed by atoms with E-state index >= 15 is 0 Å². The molecule has 0 spiro atoms. The van der Waals surface area contributed by atoms with Crippen LogP contribution in [0.25, 0.3) is 0 Å². The average Bonchev–Trinajstić information content (AvgIpc) is 2.35. The third-order valence-electron chi connectivity index (χ3n) is 2.95. The molecule has 0 radical (unpaired) electrons. The summed E-state index contributed by atoms with van der Waals surface area (Å²) in [4.78, 5) is 11.9. The van der Waals surface area contributed by atoms with E-state index in [9.17, 15) is 14.3 Å². The summed E-state index contributed by atoms with van der Waals surface area (Å²) in [6.45, 7) is 1.20. The molecule has 0 aliphatic carbocycles. The predicted molar refractivity (Wildman–Crippen MR) is 73.4 cm³/mol. The summed E-state index contributed by atoms with van der Waals surface area (Å²) in [5.41, 5.74) is 0.284. The van der Waals surface area contributed by atoms with Gasteiger partial charge in [-0.1, -0.05) is 11.6 Å². The fraction of sp³-hybridized carbons (Fsp3) is 0.417. The molecule has 3 N–H and O–H groups in total. The molecule has 1 amide bonds. The van der Waals surface area contributed by atoms with E-state index in [1.54, 1.807) is 0 Å². The maximum atomic E-state index is 13.0. The van der Waals surface area contributed by atoms with Crippen molar-refractivity contribution in [3.63, 3.8) is 0 Å². The lowest BCUT2D eigenvalue weighted by Gasteiger charge is -2.29. The largest absolute Gasteiger partial charge is 0.390 e. The fourth-order valence-electron chi connectivity index (χ4n) is 1.90. The zero-order valence-corrected chi connectivity index (χ0v) is 11.6. The molecule has 106 valence electrons. The highest BCUT2D eigenvalue weighted by Gasteiger charge is 2.24. The first-order valence-electron chi connectivity index (χ1n) is 5.72. The lowest BCUT2D eigenvalue weighted by molar-refractivity contribution is 0.0765. The molecule has 0 unspecified atom stereocenters. The molecule has 2 atom stereocenters. The van der Waals surface area contributed by atoms with Crippen LogP contribution in [-0.4, -0.2) is 36.2 Å². The average molecular weight is 309 g/mol. The number of rotatable bonds is 2. The normalized spacial score (nSPS) is 22.5. The second-order valence-corrected chi connectivity index (χ2v) is 4.68. The van der Waals surface area contributed by atoms with Crippen LogP contribution in [0.3, 0.4) is 0 Å². The van der Waals surface area contributed by atoms with Crippen molar-refractivity contribution in [1.82, 2.24) is 10.6 Å². The van der Waals surface area contributed by atoms with Gasteiger partial charge >= 0.3 is 0 Å². The third kappa shape index (κ3) is 4.04. The molecule has 4 nitrogen and oxygen atoms in total. The summed E-state index contributed by atoms with van der Waals surface area (Å²) in [7, 11) is 0. The van der Waals surface area contributed by atoms with Gasteiger partial charge in [0.05, 0.1) is 17.2 Å². The highest BCUT2D eigenvalue weighted by molar-refractivity contribution is 6.31. The Morgan fingerprint density at radius 3 is 2.89 bits per heavy atom. The van der Waals surface area contributed by atoms with Crippen molar-refractivity contribution in [2.45, 2.75) is 18.6 Å². The monoisotopic (exact) mass is 308 g/mol. The van der Waals surface area contributed by atoms with Crippen molar-refractivity contribution >= 4 is 29.9 Å². The third-order valence-corrected chi connectivity index (χ3v) is 3.24. The number of carbonyl (C=O) groups is 1. The minimum absolute atomic E-state index is 0. The molecule has 1 aliphatic rings. The molecule has 7 heteroatoms. The molecule has 1 aromatic rings. The molecule has 0 bridgehead atoms. The van der Waals surface area contributed by atoms with Crippen LogP contribution in [-0.2, 0) is 0 Å². The molecule has 1 aliphatic heterocycles. The van der Waals surface area contributed by atoms with Gasteiger partial charge in [-0.2, -0.15) is 0 Å². The summed E-state index contributed by atoms with van der Waals surface area (Å²) in [5.74, 6) is -0.919. The van der Waals surface area contributed by atoms with Gasteiger partial charge in [0.15, 0.2) is 0 Å². The van der Waals surface area contributed by atoms with E-state index in [0.717, 1.165) is 12.6 Å². The van der Waals surface area contributed by atoms with E-state index in [-0.39, 0.29) is 34.9 Å². The van der Waals surface area contributed by atoms with E-state index in [0.29, 0.717) is 13.0 Å². The van der Waals surface area contributed by atoms with Crippen LogP contribution in [0.5, 0.6) is 0 Å². The molecule has 1 heterocycles. The van der Waals surface area contributed by atoms with Crippen LogP contribution >= 0.6 is 24.0 Å². The first-order chi connectivity index (χ1) is 8.58. The second-order valence-electron chi connectivity index (χ2n) is 4.27. The Balaban J connectivity index is 0.00000180. The van der Waals surface area contributed by atoms with Crippen LogP contribution < -0.4 is 10.6 Å². The lowest BCUT2D eigenvalue weighted by atomic mass is 10.0. The molecule has 0 aromatic heterocycles. The van der Waals surface area contributed by atoms with Gasteiger partial charge in [-0.25, -0.2) is 4.39 Å². The lowest BCUT2D eigenvalue weighted by Crippen LogP contribution is -2.52. The van der Waals surface area contributed by atoms with Gasteiger partial charge in [-0.3, -0.25) is 4.79 Å². The van der Waals surface area contributed by atoms with Crippen molar-refractivity contribution in [1.29, 1.82) is 0 Å². The number of benzene rings is 1. The zero-order chi connectivity index (χ0) is 13.1. The molecule has 1 aromatic carbocycles. The van der Waals surface area contributed by atoms with Gasteiger partial charge in [-0.05, 0) is 31.2 Å². The van der Waals surface area contributed by atoms with E-state index in [2.05, 4.69) is 10.6 Å². The van der Waals surface area contributed by atoms with Crippen LogP contribution in [0.15, 0.2) is 18.2 Å². The zero-order valence-electron chi connectivity index (χ0n) is 10.0. The number of carbonyl (C=O) groups excluding carboxylic acids is 1. The Morgan fingerprint density at radius 2 is 2.26 bits per heavy atom. The molecular formula is C12H15Cl2FN2O2. The molecular weight excluding hydrogens is 294 g/mol. The van der Waals surface area contributed by atoms with Crippen LogP contribution in [0, 0.1) is 5.82 Å². The van der Waals surface area contributed by atoms with Gasteiger partial charge < -0.3 is 15.7 Å². The van der Waals surface area contributed by atoms with E-state index < -0.39 is 11.9 Å². The van der Waals surface area contributed by atoms with Crippen molar-refractivity contribution in [2.24, 2.45) is 0 Å². The second kappa shape index (κ2) is 7.05. The van der Waals surface area contributed by atoms with E-state index in [1.165, 1.54) is 12.1 Å². The van der Waals surface area contributed by atoms with E-state index in [4.69, 9.17) is 11.6 Å². The molecule has 2 rings (SSSR count). The first kappa shape index (κ1) is 16.2. The topological polar surface area (TPSA) is 61.4 Å². The number of aliphatic hydroxyl groups is 1. The maximum absolute atomic E-state index is 13.0. The Hall–Kier alpha value is -0.880. The van der Waals surface area contributed by atoms with E-state index in [1.807, 2.05) is 0 Å². The van der Waals surface area contributed by atoms with Gasteiger partial charge in [0.1, 0.15) is 5.82 Å². The molecule has 1 fully saturated rings. The number of hydrogen-bond acceptors (Lipinski definition) is 3. The van der Waals surface area contributed by atoms with Gasteiger partial charge in [-0.15, -0.1) is 12.4 Å². The van der Waals surface area contributed by atoms with Crippen molar-refractivity contribution in [3.05, 3.63) is 34.6 Å². The Labute approximate surface area is 121 Å². The number of β-amino-alcohol motifs (C(OH)–C–C–N with tert-alkyl or cyclic N) is 1. The highest BCUT2D eigenvalue weighted by atomic mass is 35.5. The number of piperidine rings is 1. The van der Waals surface area contributed by atoms with Crippen molar-refractivity contribution in [2.75, 3.05) is 13.1 Å². The maximum Gasteiger partial charge on any atom is 0.251 e. The number of hydrogen-bond donors (Lipinski definition) is 3. The Morgan fingerprint density at radius 1 is 1.53 bits per heavy atom. The SMILES string of the molecule is Cl.O=C(N[C@@H]1CCNC[C@H]1O)c1ccc(F)c(Cl)c1. The minimum Gasteiger partial charge on any atom is -0.390 e. The molecule has 1 saturated heterocycles. The van der Waals surface area contributed by atoms with Gasteiger partial charge in [0, 0.05) is 12.1 Å². The Bertz CT molecular complexity index is 459. The van der Waals surface area contributed by atoms with Crippen molar-refractivity contribution in [3.8, 4) is 0 Å². The molecule has 0 saturated carbocycles. The number of halogens is 3. The fourth-order valence-corrected chi connectivity index (χ4v) is 2.08. The van der Waals surface area contributed by atoms with Crippen LogP contribution in [0.1, 0.15) is 16.8 Å². The summed E-state index contributed by atoms with van der Waals surface area (Å²) in [6.07, 6.45) is 0.0422. The minimum atomic E-state index is -0.612. The first-order valence-corrected chi connectivity index (χ1v) is 6.10. The smallest absolute Gasteiger partial charge is 0.251 e. The standard InChI is InChI=1S/C12H14ClFN2O2.ClH/c13-8-5-7(1-2-9(8)14)12(18)16-10-3-4-15-6-11(10)17;/h1-2,5,10-11,15,17H,3-4,6H2,(H,16,18);1H/t10-,11-;/m1./s1. The number of nitrogens with one attached hydrogen (secondary N) is 2. The predicted octanol–water partition coefficient (Wildman–Crippen LogP) is 1.35. The molecule has 19 heavy (non-hydrogen) atoms. The number of amides is 1. The summed E-state index contributed by atoms with van der Waals surface area (Å²) >= 11 is 5.61. The Kier molecular flexibility index (Phi) is 6.00. The highest BCUT2D eigenvalue weighted by Crippen LogP contribution is 2.16. The summed E-state index contributed by atoms with van der Waals surface area (Å²) in [5, 5.41) is 15.4. The quantitative estimate of drug-likeness (QED) is 0.773. The van der Waals surface area contributed by atoms with Gasteiger partial charge in [0.25, 0.3) is 5.91 Å². The van der Waals surface area contributed by atoms with Crippen molar-refractivity contribution < 1.29 is 14.3 Å². The van der Waals surface area contributed by atoms with Crippen LogP contribution in [0.4, 0.5) is 4.39 Å². The van der Waals surface area contributed by atoms with Crippen LogP contribution in [0.2, 0.25) is 5.02 Å². The summed E-state index contributed by atoms with van der Waals surface area (Å²) < 4.78 is 13.0.